The average Bonchev–Trinajstić information content (AvgIpc) is 3.24. The highest BCUT2D eigenvalue weighted by molar-refractivity contribution is 6.08. The molecule has 306 valence electrons. The van der Waals surface area contributed by atoms with Crippen LogP contribution in [0.4, 0.5) is 9.59 Å². The summed E-state index contributed by atoms with van der Waals surface area (Å²) in [5.74, 6) is -0.466. The predicted molar refractivity (Wildman–Crippen MR) is 238 cm³/mol. The Balaban J connectivity index is 1.16. The second-order valence-corrected chi connectivity index (χ2v) is 16.5. The lowest BCUT2D eigenvalue weighted by molar-refractivity contribution is 0.0286. The average molecular weight is 803 g/mol. The van der Waals surface area contributed by atoms with Gasteiger partial charge in [0.25, 0.3) is 11.8 Å². The molecule has 0 saturated heterocycles. The highest BCUT2D eigenvalue weighted by atomic mass is 16.6. The molecule has 0 spiro atoms. The molecule has 4 amide bonds. The minimum absolute atomic E-state index is 0.214. The van der Waals surface area contributed by atoms with Crippen LogP contribution in [0.2, 0.25) is 0 Å². The van der Waals surface area contributed by atoms with Crippen molar-refractivity contribution in [2.24, 2.45) is 0 Å². The Morgan fingerprint density at radius 1 is 0.450 bits per heavy atom. The van der Waals surface area contributed by atoms with Crippen molar-refractivity contribution in [1.29, 1.82) is 0 Å². The van der Waals surface area contributed by atoms with Crippen molar-refractivity contribution in [3.05, 3.63) is 155 Å². The number of ether oxygens (including phenoxy) is 1. The fraction of sp³-hybridized carbons (Fsp3) is 0.240. The summed E-state index contributed by atoms with van der Waals surface area (Å²) in [6, 6.07) is 38.8. The van der Waals surface area contributed by atoms with Crippen molar-refractivity contribution in [2.75, 3.05) is 28.2 Å². The quantitative estimate of drug-likeness (QED) is 0.138. The third-order valence-electron chi connectivity index (χ3n) is 11.0. The molecule has 0 unspecified atom stereocenters. The molecule has 0 aliphatic rings. The monoisotopic (exact) mass is 802 g/mol. The first kappa shape index (κ1) is 41.2. The second kappa shape index (κ2) is 16.7. The van der Waals surface area contributed by atoms with E-state index in [2.05, 4.69) is 24.3 Å². The van der Waals surface area contributed by atoms with E-state index < -0.39 is 17.8 Å². The number of benzene rings is 7. The van der Waals surface area contributed by atoms with E-state index in [-0.39, 0.29) is 24.9 Å². The minimum Gasteiger partial charge on any atom is -0.465 e. The molecular weight excluding hydrogens is 753 g/mol. The van der Waals surface area contributed by atoms with E-state index in [1.165, 1.54) is 4.90 Å². The lowest BCUT2D eigenvalue weighted by Gasteiger charge is -2.26. The van der Waals surface area contributed by atoms with Crippen molar-refractivity contribution < 1.29 is 29.0 Å². The number of nitrogens with zero attached hydrogens (tertiary/aromatic N) is 4. The minimum atomic E-state index is -1.01. The standard InChI is InChI=1S/C50H50N4O6/c1-50(2,3)60-49(59)54(7)31-45-40-25-14-10-21-36(40)43(37-22-11-15-26-41(37)45)29-52(5)47(56)33-18-16-17-32(27-33)46(55)51(4)28-42-34-19-8-12-23-38(34)44(30-53(6)48(57)58)39-24-13-9-20-35(39)42/h8-27H,28-31H2,1-7H3,(H,57,58). The number of hydrogen-bond donors (Lipinski definition) is 1. The molecule has 0 heterocycles. The van der Waals surface area contributed by atoms with Crippen LogP contribution in [0, 0.1) is 0 Å². The smallest absolute Gasteiger partial charge is 0.410 e. The molecule has 7 aromatic carbocycles. The molecule has 0 aliphatic carbocycles. The zero-order valence-corrected chi connectivity index (χ0v) is 35.2. The van der Waals surface area contributed by atoms with E-state index in [4.69, 9.17) is 4.74 Å². The summed E-state index contributed by atoms with van der Waals surface area (Å²) in [5.41, 5.74) is 3.98. The zero-order chi connectivity index (χ0) is 42.9. The molecule has 0 aliphatic heterocycles. The lowest BCUT2D eigenvalue weighted by Crippen LogP contribution is -2.34. The molecule has 0 atom stereocenters. The SMILES string of the molecule is CN(Cc1c2ccccc2c(CN(C)C(=O)c2cccc(C(=O)N(C)Cc3c4ccccc4c(CN(C)C(=O)OC(C)(C)C)c4ccccc34)c2)c2ccccc12)C(=O)O. The van der Waals surface area contributed by atoms with Crippen LogP contribution in [0.3, 0.4) is 0 Å². The number of rotatable bonds is 10. The molecule has 10 nitrogen and oxygen atoms in total. The van der Waals surface area contributed by atoms with Crippen LogP contribution in [0.15, 0.2) is 121 Å². The maximum Gasteiger partial charge on any atom is 0.410 e. The van der Waals surface area contributed by atoms with E-state index in [0.717, 1.165) is 65.3 Å². The van der Waals surface area contributed by atoms with E-state index in [1.807, 2.05) is 93.6 Å². The zero-order valence-electron chi connectivity index (χ0n) is 35.2. The van der Waals surface area contributed by atoms with Crippen LogP contribution in [-0.4, -0.2) is 82.5 Å². The van der Waals surface area contributed by atoms with Gasteiger partial charge in [0.1, 0.15) is 5.60 Å². The first-order chi connectivity index (χ1) is 28.6. The van der Waals surface area contributed by atoms with E-state index in [0.29, 0.717) is 24.2 Å². The van der Waals surface area contributed by atoms with Gasteiger partial charge in [-0.2, -0.15) is 0 Å². The van der Waals surface area contributed by atoms with Gasteiger partial charge >= 0.3 is 12.2 Å². The van der Waals surface area contributed by atoms with Gasteiger partial charge < -0.3 is 29.4 Å². The molecule has 60 heavy (non-hydrogen) atoms. The van der Waals surface area contributed by atoms with Crippen LogP contribution < -0.4 is 0 Å². The topological polar surface area (TPSA) is 111 Å². The number of hydrogen-bond acceptors (Lipinski definition) is 5. The lowest BCUT2D eigenvalue weighted by atomic mass is 9.91. The Morgan fingerprint density at radius 2 is 0.733 bits per heavy atom. The van der Waals surface area contributed by atoms with Gasteiger partial charge in [0, 0.05) is 65.5 Å². The maximum atomic E-state index is 14.2. The molecule has 10 heteroatoms. The number of fused-ring (bicyclic) bond motifs is 4. The summed E-state index contributed by atoms with van der Waals surface area (Å²) in [7, 11) is 6.82. The van der Waals surface area contributed by atoms with Crippen LogP contribution in [-0.2, 0) is 30.9 Å². The molecular formula is C50H50N4O6. The summed E-state index contributed by atoms with van der Waals surface area (Å²) in [4.78, 5) is 59.4. The molecule has 0 radical (unpaired) electrons. The maximum absolute atomic E-state index is 14.2. The second-order valence-electron chi connectivity index (χ2n) is 16.5. The fourth-order valence-corrected chi connectivity index (χ4v) is 8.09. The molecule has 0 bridgehead atoms. The van der Waals surface area contributed by atoms with Crippen LogP contribution >= 0.6 is 0 Å². The number of amides is 4. The van der Waals surface area contributed by atoms with Gasteiger partial charge in [-0.25, -0.2) is 9.59 Å². The molecule has 7 rings (SSSR count). The molecule has 7 aromatic rings. The van der Waals surface area contributed by atoms with Gasteiger partial charge in [-0.05, 0) is 104 Å². The largest absolute Gasteiger partial charge is 0.465 e. The van der Waals surface area contributed by atoms with Gasteiger partial charge in [-0.15, -0.1) is 0 Å². The summed E-state index contributed by atoms with van der Waals surface area (Å²) >= 11 is 0. The van der Waals surface area contributed by atoms with E-state index in [1.54, 1.807) is 67.2 Å². The van der Waals surface area contributed by atoms with Crippen molar-refractivity contribution in [3.63, 3.8) is 0 Å². The Bertz CT molecular complexity index is 2700. The molecule has 0 fully saturated rings. The third-order valence-corrected chi connectivity index (χ3v) is 11.0. The van der Waals surface area contributed by atoms with Crippen molar-refractivity contribution >= 4 is 67.1 Å². The normalized spacial score (nSPS) is 11.5. The highest BCUT2D eigenvalue weighted by Gasteiger charge is 2.25. The number of carbonyl (C=O) groups is 4. The first-order valence-corrected chi connectivity index (χ1v) is 19.9. The predicted octanol–water partition coefficient (Wildman–Crippen LogP) is 10.3. The van der Waals surface area contributed by atoms with Gasteiger partial charge in [-0.1, -0.05) is 103 Å². The molecule has 0 saturated carbocycles. The Labute approximate surface area is 350 Å². The summed E-state index contributed by atoms with van der Waals surface area (Å²) in [5, 5.41) is 17.4. The first-order valence-electron chi connectivity index (χ1n) is 19.9. The number of carboxylic acid groups (broad SMARTS) is 1. The van der Waals surface area contributed by atoms with Crippen molar-refractivity contribution in [1.82, 2.24) is 19.6 Å². The van der Waals surface area contributed by atoms with Crippen LogP contribution in [0.5, 0.6) is 0 Å². The Kier molecular flexibility index (Phi) is 11.5. The molecule has 0 aromatic heterocycles. The van der Waals surface area contributed by atoms with Crippen molar-refractivity contribution in [2.45, 2.75) is 52.6 Å². The van der Waals surface area contributed by atoms with Gasteiger partial charge in [-0.3, -0.25) is 9.59 Å². The summed E-state index contributed by atoms with van der Waals surface area (Å²) in [6.45, 7) is 6.69. The van der Waals surface area contributed by atoms with Gasteiger partial charge in [0.05, 0.1) is 0 Å². The Hall–Kier alpha value is -6.94. The Morgan fingerprint density at radius 3 is 1.02 bits per heavy atom. The van der Waals surface area contributed by atoms with E-state index >= 15 is 0 Å². The summed E-state index contributed by atoms with van der Waals surface area (Å²) < 4.78 is 5.66. The third kappa shape index (κ3) is 8.31. The number of carbonyl (C=O) groups excluding carboxylic acids is 3. The highest BCUT2D eigenvalue weighted by Crippen LogP contribution is 2.36. The fourth-order valence-electron chi connectivity index (χ4n) is 8.09. The van der Waals surface area contributed by atoms with Gasteiger partial charge in [0.2, 0.25) is 0 Å². The van der Waals surface area contributed by atoms with Crippen LogP contribution in [0.1, 0.15) is 63.7 Å². The van der Waals surface area contributed by atoms with Crippen LogP contribution in [0.25, 0.3) is 43.1 Å². The van der Waals surface area contributed by atoms with Crippen molar-refractivity contribution in [3.8, 4) is 0 Å². The van der Waals surface area contributed by atoms with E-state index in [9.17, 15) is 24.3 Å². The molecule has 1 N–H and O–H groups in total. The summed E-state index contributed by atoms with van der Waals surface area (Å²) in [6.07, 6.45) is -1.42. The van der Waals surface area contributed by atoms with Gasteiger partial charge in [0.15, 0.2) is 0 Å².